The summed E-state index contributed by atoms with van der Waals surface area (Å²) in [5.74, 6) is -0.703. The van der Waals surface area contributed by atoms with Crippen LogP contribution in [-0.2, 0) is 32.1 Å². The summed E-state index contributed by atoms with van der Waals surface area (Å²) in [6.45, 7) is 11.1. The van der Waals surface area contributed by atoms with E-state index in [1.807, 2.05) is 0 Å². The molecule has 0 saturated carbocycles. The summed E-state index contributed by atoms with van der Waals surface area (Å²) in [4.78, 5) is 12.4. The number of carboxylic acid groups (broad SMARTS) is 1. The minimum absolute atomic E-state index is 0. The van der Waals surface area contributed by atoms with E-state index in [0.29, 0.717) is 5.56 Å². The van der Waals surface area contributed by atoms with Gasteiger partial charge in [-0.1, -0.05) is 60.3 Å². The van der Waals surface area contributed by atoms with Crippen LogP contribution < -0.4 is 6.15 Å². The van der Waals surface area contributed by atoms with Gasteiger partial charge in [0.05, 0.1) is 5.56 Å². The largest absolute Gasteiger partial charge is 0.478 e. The number of hydrogen-bond acceptors (Lipinski definition) is 2. The molecule has 0 radical (unpaired) electrons. The van der Waals surface area contributed by atoms with Gasteiger partial charge in [0.15, 0.2) is 0 Å². The molecule has 0 aromatic heterocycles. The van der Waals surface area contributed by atoms with E-state index in [1.165, 1.54) is 27.8 Å². The fourth-order valence-corrected chi connectivity index (χ4v) is 4.28. The van der Waals surface area contributed by atoms with Gasteiger partial charge in [0.2, 0.25) is 0 Å². The third-order valence-corrected chi connectivity index (χ3v) is 5.75. The van der Waals surface area contributed by atoms with Crippen LogP contribution in [0.5, 0.6) is 0 Å². The molecule has 0 saturated heterocycles. The van der Waals surface area contributed by atoms with E-state index in [9.17, 15) is 9.90 Å². The highest BCUT2D eigenvalue weighted by molar-refractivity contribution is 5.92. The molecule has 1 aromatic rings. The van der Waals surface area contributed by atoms with Crippen LogP contribution in [0.25, 0.3) is 0 Å². The maximum atomic E-state index is 12.4. The van der Waals surface area contributed by atoms with Crippen LogP contribution in [0.2, 0.25) is 0 Å². The van der Waals surface area contributed by atoms with Gasteiger partial charge in [0, 0.05) is 0 Å². The highest BCUT2D eigenvalue weighted by Gasteiger charge is 2.25. The van der Waals surface area contributed by atoms with Crippen molar-refractivity contribution in [1.82, 2.24) is 6.15 Å². The minimum Gasteiger partial charge on any atom is -0.478 e. The zero-order valence-electron chi connectivity index (χ0n) is 19.3. The Kier molecular flexibility index (Phi) is 13.9. The monoisotopic (exact) mass is 391 g/mol. The maximum absolute atomic E-state index is 12.4. The van der Waals surface area contributed by atoms with Crippen molar-refractivity contribution in [3.05, 3.63) is 33.4 Å². The number of rotatable bonds is 14. The van der Waals surface area contributed by atoms with Gasteiger partial charge >= 0.3 is 5.97 Å². The first-order valence-electron chi connectivity index (χ1n) is 11.5. The molecule has 0 atom stereocenters. The van der Waals surface area contributed by atoms with Gasteiger partial charge in [-0.25, -0.2) is 4.79 Å². The SMILES string of the molecule is CCCCc1c(CC)c(CCCC)c(CCCC)c(C(=O)O)c1CCCC.N. The van der Waals surface area contributed by atoms with Crippen molar-refractivity contribution in [2.24, 2.45) is 0 Å². The molecule has 0 heterocycles. The van der Waals surface area contributed by atoms with Crippen LogP contribution in [0.4, 0.5) is 0 Å². The Hall–Kier alpha value is -1.35. The quantitative estimate of drug-likeness (QED) is 0.345. The third kappa shape index (κ3) is 6.92. The van der Waals surface area contributed by atoms with Gasteiger partial charge < -0.3 is 11.3 Å². The average molecular weight is 392 g/mol. The minimum atomic E-state index is -0.703. The van der Waals surface area contributed by atoms with Gasteiger partial charge in [-0.15, -0.1) is 0 Å². The third-order valence-electron chi connectivity index (χ3n) is 5.75. The van der Waals surface area contributed by atoms with Gasteiger partial charge in [-0.05, 0) is 85.6 Å². The van der Waals surface area contributed by atoms with Gasteiger partial charge in [-0.2, -0.15) is 0 Å². The van der Waals surface area contributed by atoms with E-state index in [4.69, 9.17) is 0 Å². The first-order valence-corrected chi connectivity index (χ1v) is 11.5. The predicted octanol–water partition coefficient (Wildman–Crippen LogP) is 7.48. The van der Waals surface area contributed by atoms with Crippen molar-refractivity contribution >= 4 is 5.97 Å². The number of benzene rings is 1. The first kappa shape index (κ1) is 26.6. The molecule has 4 N–H and O–H groups in total. The molecule has 0 unspecified atom stereocenters. The lowest BCUT2D eigenvalue weighted by molar-refractivity contribution is 0.0694. The number of unbranched alkanes of at least 4 members (excludes halogenated alkanes) is 4. The molecule has 0 aliphatic rings. The summed E-state index contributed by atoms with van der Waals surface area (Å²) in [6, 6.07) is 0. The fourth-order valence-electron chi connectivity index (χ4n) is 4.28. The van der Waals surface area contributed by atoms with Crippen LogP contribution in [0.3, 0.4) is 0 Å². The zero-order chi connectivity index (χ0) is 20.2. The Morgan fingerprint density at radius 1 is 0.607 bits per heavy atom. The summed E-state index contributed by atoms with van der Waals surface area (Å²) in [5.41, 5.74) is 7.26. The van der Waals surface area contributed by atoms with E-state index >= 15 is 0 Å². The van der Waals surface area contributed by atoms with Gasteiger partial charge in [0.1, 0.15) is 0 Å². The molecule has 1 aromatic carbocycles. The van der Waals surface area contributed by atoms with Gasteiger partial charge in [-0.3, -0.25) is 0 Å². The van der Waals surface area contributed by atoms with Crippen molar-refractivity contribution in [2.75, 3.05) is 0 Å². The maximum Gasteiger partial charge on any atom is 0.336 e. The number of carboxylic acids is 1. The second-order valence-electron chi connectivity index (χ2n) is 7.84. The highest BCUT2D eigenvalue weighted by atomic mass is 16.4. The van der Waals surface area contributed by atoms with E-state index in [1.54, 1.807) is 0 Å². The Morgan fingerprint density at radius 3 is 1.18 bits per heavy atom. The zero-order valence-corrected chi connectivity index (χ0v) is 19.3. The standard InChI is InChI=1S/C25H42O2.H3N/c1-6-11-15-20-19(10-5)21(16-12-7-2)23(18-14-9-4)24(25(26)27)22(20)17-13-8-3;/h6-18H2,1-5H3,(H,26,27);1H3. The molecule has 0 bridgehead atoms. The van der Waals surface area contributed by atoms with Crippen molar-refractivity contribution in [1.29, 1.82) is 0 Å². The smallest absolute Gasteiger partial charge is 0.336 e. The highest BCUT2D eigenvalue weighted by Crippen LogP contribution is 2.34. The first-order chi connectivity index (χ1) is 13.1. The Balaban J connectivity index is 0.00000729. The Labute approximate surface area is 173 Å². The summed E-state index contributed by atoms with van der Waals surface area (Å²) in [7, 11) is 0. The van der Waals surface area contributed by atoms with Crippen LogP contribution in [-0.4, -0.2) is 11.1 Å². The van der Waals surface area contributed by atoms with E-state index in [0.717, 1.165) is 83.5 Å². The van der Waals surface area contributed by atoms with Crippen LogP contribution in [0, 0.1) is 0 Å². The lowest BCUT2D eigenvalue weighted by atomic mass is 9.79. The molecule has 0 spiro atoms. The van der Waals surface area contributed by atoms with E-state index < -0.39 is 5.97 Å². The van der Waals surface area contributed by atoms with Crippen LogP contribution >= 0.6 is 0 Å². The summed E-state index contributed by atoms with van der Waals surface area (Å²) >= 11 is 0. The molecule has 162 valence electrons. The molecule has 0 fully saturated rings. The predicted molar refractivity (Wildman–Crippen MR) is 122 cm³/mol. The Morgan fingerprint density at radius 2 is 0.929 bits per heavy atom. The molecule has 0 aliphatic carbocycles. The van der Waals surface area contributed by atoms with E-state index in [-0.39, 0.29) is 6.15 Å². The van der Waals surface area contributed by atoms with Crippen molar-refractivity contribution < 1.29 is 9.90 Å². The van der Waals surface area contributed by atoms with Crippen molar-refractivity contribution in [3.63, 3.8) is 0 Å². The number of aromatic carboxylic acids is 1. The molecule has 1 rings (SSSR count). The van der Waals surface area contributed by atoms with E-state index in [2.05, 4.69) is 34.6 Å². The normalized spacial score (nSPS) is 10.8. The molecular formula is C25H45NO2. The van der Waals surface area contributed by atoms with Crippen LogP contribution in [0.15, 0.2) is 0 Å². The molecular weight excluding hydrogens is 346 g/mol. The second-order valence-corrected chi connectivity index (χ2v) is 7.84. The van der Waals surface area contributed by atoms with Crippen LogP contribution in [0.1, 0.15) is 124 Å². The average Bonchev–Trinajstić information content (AvgIpc) is 2.66. The molecule has 3 nitrogen and oxygen atoms in total. The fraction of sp³-hybridized carbons (Fsp3) is 0.720. The number of carbonyl (C=O) groups is 1. The van der Waals surface area contributed by atoms with Crippen molar-refractivity contribution in [2.45, 2.75) is 118 Å². The molecule has 28 heavy (non-hydrogen) atoms. The molecule has 0 amide bonds. The molecule has 3 heteroatoms. The summed E-state index contributed by atoms with van der Waals surface area (Å²) in [6.07, 6.45) is 13.9. The summed E-state index contributed by atoms with van der Waals surface area (Å²) in [5, 5.41) is 10.2. The topological polar surface area (TPSA) is 72.3 Å². The number of hydrogen-bond donors (Lipinski definition) is 2. The summed E-state index contributed by atoms with van der Waals surface area (Å²) < 4.78 is 0. The lowest BCUT2D eigenvalue weighted by Crippen LogP contribution is -2.17. The molecule has 0 aliphatic heterocycles. The van der Waals surface area contributed by atoms with Gasteiger partial charge in [0.25, 0.3) is 0 Å². The second kappa shape index (κ2) is 14.6. The van der Waals surface area contributed by atoms with Crippen molar-refractivity contribution in [3.8, 4) is 0 Å². The lowest BCUT2D eigenvalue weighted by Gasteiger charge is -2.25. The Bertz CT molecular complexity index is 552.